The Balaban J connectivity index is 1.90. The Morgan fingerprint density at radius 2 is 1.96 bits per heavy atom. The van der Waals surface area contributed by atoms with Crippen LogP contribution < -0.4 is 4.74 Å². The highest BCUT2D eigenvalue weighted by molar-refractivity contribution is 7.98. The molecule has 0 radical (unpaired) electrons. The molecule has 0 bridgehead atoms. The van der Waals surface area contributed by atoms with Crippen LogP contribution in [0.5, 0.6) is 5.75 Å². The van der Waals surface area contributed by atoms with E-state index >= 15 is 0 Å². The molecule has 1 aromatic heterocycles. The van der Waals surface area contributed by atoms with Crippen LogP contribution in [-0.2, 0) is 12.3 Å². The van der Waals surface area contributed by atoms with E-state index in [0.717, 1.165) is 16.3 Å². The van der Waals surface area contributed by atoms with Crippen LogP contribution in [0.3, 0.4) is 0 Å². The zero-order valence-corrected chi connectivity index (χ0v) is 16.5. The Morgan fingerprint density at radius 1 is 1.15 bits per heavy atom. The molecule has 0 fully saturated rings. The summed E-state index contributed by atoms with van der Waals surface area (Å²) in [6.45, 7) is 2.69. The molecule has 0 atom stereocenters. The van der Waals surface area contributed by atoms with E-state index in [0.29, 0.717) is 33.9 Å². The van der Waals surface area contributed by atoms with Crippen molar-refractivity contribution in [3.8, 4) is 17.1 Å². The minimum Gasteiger partial charge on any atom is -0.496 e. The van der Waals surface area contributed by atoms with Crippen molar-refractivity contribution in [3.05, 3.63) is 57.8 Å². The van der Waals surface area contributed by atoms with Gasteiger partial charge in [-0.1, -0.05) is 41.0 Å². The molecule has 4 nitrogen and oxygen atoms in total. The van der Waals surface area contributed by atoms with E-state index < -0.39 is 0 Å². The summed E-state index contributed by atoms with van der Waals surface area (Å²) < 4.78 is 20.6. The van der Waals surface area contributed by atoms with Crippen molar-refractivity contribution >= 4 is 35.0 Å². The van der Waals surface area contributed by atoms with Gasteiger partial charge < -0.3 is 9.30 Å². The van der Waals surface area contributed by atoms with Crippen molar-refractivity contribution in [3.63, 3.8) is 0 Å². The molecule has 0 aliphatic heterocycles. The second-order valence-corrected chi connectivity index (χ2v) is 7.21. The number of rotatable bonds is 6. The Morgan fingerprint density at radius 3 is 2.65 bits per heavy atom. The smallest absolute Gasteiger partial charge is 0.191 e. The number of methoxy groups -OCH3 is 1. The number of benzene rings is 2. The van der Waals surface area contributed by atoms with Gasteiger partial charge in [-0.15, -0.1) is 10.2 Å². The molecule has 1 heterocycles. The van der Waals surface area contributed by atoms with Gasteiger partial charge in [0, 0.05) is 22.3 Å². The van der Waals surface area contributed by atoms with Crippen LogP contribution >= 0.6 is 35.0 Å². The van der Waals surface area contributed by atoms with E-state index in [4.69, 9.17) is 27.9 Å². The summed E-state index contributed by atoms with van der Waals surface area (Å²) in [4.78, 5) is 0. The molecule has 0 amide bonds. The molecule has 0 aliphatic carbocycles. The first-order chi connectivity index (χ1) is 12.5. The molecule has 26 heavy (non-hydrogen) atoms. The molecular weight excluding hydrogens is 396 g/mol. The number of ether oxygens (including phenoxy) is 1. The van der Waals surface area contributed by atoms with E-state index in [1.807, 2.05) is 17.6 Å². The van der Waals surface area contributed by atoms with Gasteiger partial charge in [0.2, 0.25) is 0 Å². The molecule has 3 aromatic rings. The zero-order valence-electron chi connectivity index (χ0n) is 14.2. The van der Waals surface area contributed by atoms with Gasteiger partial charge in [0.25, 0.3) is 0 Å². The number of aromatic nitrogens is 3. The van der Waals surface area contributed by atoms with Crippen LogP contribution in [0.4, 0.5) is 4.39 Å². The molecule has 0 aliphatic rings. The maximum absolute atomic E-state index is 13.2. The summed E-state index contributed by atoms with van der Waals surface area (Å²) in [6.07, 6.45) is 0. The number of thioether (sulfide) groups is 1. The fourth-order valence-electron chi connectivity index (χ4n) is 2.52. The van der Waals surface area contributed by atoms with E-state index in [2.05, 4.69) is 10.2 Å². The highest BCUT2D eigenvalue weighted by Crippen LogP contribution is 2.34. The number of nitrogens with zero attached hydrogens (tertiary/aromatic N) is 3. The van der Waals surface area contributed by atoms with E-state index in [1.165, 1.54) is 23.9 Å². The Kier molecular flexibility index (Phi) is 6.06. The topological polar surface area (TPSA) is 39.9 Å². The highest BCUT2D eigenvalue weighted by Gasteiger charge is 2.17. The lowest BCUT2D eigenvalue weighted by Gasteiger charge is -2.11. The van der Waals surface area contributed by atoms with Gasteiger partial charge >= 0.3 is 0 Å². The molecule has 2 aromatic carbocycles. The molecule has 136 valence electrons. The molecule has 0 saturated carbocycles. The van der Waals surface area contributed by atoms with Crippen LogP contribution in [0.15, 0.2) is 41.6 Å². The van der Waals surface area contributed by atoms with Crippen LogP contribution in [0, 0.1) is 5.82 Å². The summed E-state index contributed by atoms with van der Waals surface area (Å²) in [5, 5.41) is 10.3. The Hall–Kier alpha value is -1.76. The fourth-order valence-corrected chi connectivity index (χ4v) is 4.01. The molecule has 0 N–H and O–H groups in total. The van der Waals surface area contributed by atoms with Crippen LogP contribution in [0.25, 0.3) is 11.4 Å². The van der Waals surface area contributed by atoms with Gasteiger partial charge in [-0.05, 0) is 42.8 Å². The second-order valence-electron chi connectivity index (χ2n) is 5.42. The molecular formula is C18H16Cl2FN3OS. The molecule has 8 heteroatoms. The fraction of sp³-hybridized carbons (Fsp3) is 0.222. The summed E-state index contributed by atoms with van der Waals surface area (Å²) in [5.41, 5.74) is 1.62. The van der Waals surface area contributed by atoms with Crippen LogP contribution in [-0.4, -0.2) is 21.9 Å². The third-order valence-corrected chi connectivity index (χ3v) is 5.41. The van der Waals surface area contributed by atoms with Gasteiger partial charge in [0.05, 0.1) is 12.7 Å². The zero-order chi connectivity index (χ0) is 18.7. The quantitative estimate of drug-likeness (QED) is 0.486. The van der Waals surface area contributed by atoms with Crippen molar-refractivity contribution in [2.45, 2.75) is 24.4 Å². The Bertz CT molecular complexity index is 933. The monoisotopic (exact) mass is 411 g/mol. The lowest BCUT2D eigenvalue weighted by molar-refractivity contribution is 0.416. The van der Waals surface area contributed by atoms with Crippen LogP contribution in [0.1, 0.15) is 12.5 Å². The van der Waals surface area contributed by atoms with E-state index in [-0.39, 0.29) is 5.82 Å². The standard InChI is InChI=1S/C18H16Cl2FN3OS/c1-3-24-17(14-8-12(19)5-7-16(14)25-2)22-23-18(24)26-10-11-4-6-13(21)9-15(11)20/h4-9H,3,10H2,1-2H3. The second kappa shape index (κ2) is 8.29. The largest absolute Gasteiger partial charge is 0.496 e. The summed E-state index contributed by atoms with van der Waals surface area (Å²) in [5.74, 6) is 1.56. The number of hydrogen-bond donors (Lipinski definition) is 0. The molecule has 3 rings (SSSR count). The van der Waals surface area contributed by atoms with Crippen molar-refractivity contribution < 1.29 is 9.13 Å². The third kappa shape index (κ3) is 3.98. The summed E-state index contributed by atoms with van der Waals surface area (Å²) in [7, 11) is 1.60. The van der Waals surface area contributed by atoms with Crippen molar-refractivity contribution in [2.75, 3.05) is 7.11 Å². The number of halogens is 3. The summed E-state index contributed by atoms with van der Waals surface area (Å²) in [6, 6.07) is 9.76. The molecule has 0 unspecified atom stereocenters. The first-order valence-electron chi connectivity index (χ1n) is 7.87. The van der Waals surface area contributed by atoms with Gasteiger partial charge in [-0.2, -0.15) is 0 Å². The van der Waals surface area contributed by atoms with Gasteiger partial charge in [-0.25, -0.2) is 4.39 Å². The van der Waals surface area contributed by atoms with Gasteiger partial charge in [0.15, 0.2) is 11.0 Å². The van der Waals surface area contributed by atoms with Crippen molar-refractivity contribution in [1.29, 1.82) is 0 Å². The average molecular weight is 412 g/mol. The summed E-state index contributed by atoms with van der Waals surface area (Å²) >= 11 is 13.7. The first-order valence-corrected chi connectivity index (χ1v) is 9.61. The predicted octanol–water partition coefficient (Wildman–Crippen LogP) is 5.71. The van der Waals surface area contributed by atoms with Gasteiger partial charge in [-0.3, -0.25) is 0 Å². The Labute approximate surface area is 165 Å². The van der Waals surface area contributed by atoms with E-state index in [1.54, 1.807) is 25.3 Å². The highest BCUT2D eigenvalue weighted by atomic mass is 35.5. The molecule has 0 saturated heterocycles. The van der Waals surface area contributed by atoms with E-state index in [9.17, 15) is 4.39 Å². The molecule has 0 spiro atoms. The average Bonchev–Trinajstić information content (AvgIpc) is 3.03. The minimum atomic E-state index is -0.351. The lowest BCUT2D eigenvalue weighted by atomic mass is 10.2. The predicted molar refractivity (Wildman–Crippen MR) is 104 cm³/mol. The van der Waals surface area contributed by atoms with Crippen molar-refractivity contribution in [1.82, 2.24) is 14.8 Å². The van der Waals surface area contributed by atoms with Crippen LogP contribution in [0.2, 0.25) is 10.0 Å². The SMILES string of the molecule is CCn1c(SCc2ccc(F)cc2Cl)nnc1-c1cc(Cl)ccc1OC. The normalized spacial score (nSPS) is 11.0. The first kappa shape index (κ1) is 19.0. The minimum absolute atomic E-state index is 0.351. The van der Waals surface area contributed by atoms with Crippen molar-refractivity contribution in [2.24, 2.45) is 0 Å². The third-order valence-electron chi connectivity index (χ3n) is 3.81. The lowest BCUT2D eigenvalue weighted by Crippen LogP contribution is -2.01. The maximum atomic E-state index is 13.2. The van der Waals surface area contributed by atoms with Gasteiger partial charge in [0.1, 0.15) is 11.6 Å². The maximum Gasteiger partial charge on any atom is 0.191 e. The number of hydrogen-bond acceptors (Lipinski definition) is 4.